The molecule has 0 unspecified atom stereocenters. The number of carbonyl (C=O) groups excluding carboxylic acids is 1. The van der Waals surface area contributed by atoms with Crippen molar-refractivity contribution in [1.82, 2.24) is 9.88 Å². The Morgan fingerprint density at radius 2 is 2.12 bits per heavy atom. The number of hydrogen-bond donors (Lipinski definition) is 0. The van der Waals surface area contributed by atoms with Gasteiger partial charge in [-0.2, -0.15) is 0 Å². The Morgan fingerprint density at radius 3 is 2.88 bits per heavy atom. The van der Waals surface area contributed by atoms with E-state index in [4.69, 9.17) is 11.6 Å². The number of hydrogen-bond acceptors (Lipinski definition) is 5. The van der Waals surface area contributed by atoms with E-state index in [0.29, 0.717) is 27.7 Å². The summed E-state index contributed by atoms with van der Waals surface area (Å²) in [7, 11) is 0. The van der Waals surface area contributed by atoms with E-state index < -0.39 is 0 Å². The van der Waals surface area contributed by atoms with Crippen LogP contribution in [0.15, 0.2) is 23.6 Å². The molecule has 0 saturated carbocycles. The summed E-state index contributed by atoms with van der Waals surface area (Å²) in [4.78, 5) is 22.1. The van der Waals surface area contributed by atoms with Crippen LogP contribution in [0, 0.1) is 12.7 Å². The Morgan fingerprint density at radius 1 is 1.27 bits per heavy atom. The van der Waals surface area contributed by atoms with E-state index in [1.807, 2.05) is 17.2 Å². The molecule has 0 aliphatic carbocycles. The van der Waals surface area contributed by atoms with Gasteiger partial charge in [0.25, 0.3) is 5.91 Å². The zero-order valence-corrected chi connectivity index (χ0v) is 16.6. The van der Waals surface area contributed by atoms with Crippen molar-refractivity contribution in [2.75, 3.05) is 31.1 Å². The zero-order chi connectivity index (χ0) is 18.3. The summed E-state index contributed by atoms with van der Waals surface area (Å²) in [5.74, 6) is -0.396. The van der Waals surface area contributed by atoms with Crippen LogP contribution in [0.2, 0.25) is 5.02 Å². The Kier molecular flexibility index (Phi) is 4.86. The molecule has 3 heterocycles. The molecular formula is C18H17ClFN3OS2. The highest BCUT2D eigenvalue weighted by Crippen LogP contribution is 2.36. The molecule has 0 radical (unpaired) electrons. The summed E-state index contributed by atoms with van der Waals surface area (Å²) in [6, 6.07) is 4.43. The lowest BCUT2D eigenvalue weighted by Gasteiger charge is -2.21. The van der Waals surface area contributed by atoms with Gasteiger partial charge < -0.3 is 9.80 Å². The van der Waals surface area contributed by atoms with Gasteiger partial charge in [0.15, 0.2) is 5.13 Å². The maximum absolute atomic E-state index is 13.5. The quantitative estimate of drug-likeness (QED) is 0.609. The minimum Gasteiger partial charge on any atom is -0.346 e. The van der Waals surface area contributed by atoms with Gasteiger partial charge in [-0.1, -0.05) is 11.6 Å². The molecule has 4 rings (SSSR count). The second-order valence-electron chi connectivity index (χ2n) is 6.29. The maximum Gasteiger partial charge on any atom is 0.265 e. The predicted molar refractivity (Wildman–Crippen MR) is 106 cm³/mol. The summed E-state index contributed by atoms with van der Waals surface area (Å²) < 4.78 is 14.2. The lowest BCUT2D eigenvalue weighted by Crippen LogP contribution is -2.35. The summed E-state index contributed by atoms with van der Waals surface area (Å²) >= 11 is 9.31. The molecule has 0 atom stereocenters. The first-order chi connectivity index (χ1) is 12.5. The highest BCUT2D eigenvalue weighted by Gasteiger charge is 2.25. The second-order valence-corrected chi connectivity index (χ2v) is 8.56. The number of thiophene rings is 1. The molecule has 4 nitrogen and oxygen atoms in total. The summed E-state index contributed by atoms with van der Waals surface area (Å²) in [6.45, 7) is 4.91. The highest BCUT2D eigenvalue weighted by molar-refractivity contribution is 7.21. The second kappa shape index (κ2) is 7.13. The number of fused-ring (bicyclic) bond motifs is 1. The molecule has 1 amide bonds. The van der Waals surface area contributed by atoms with Gasteiger partial charge in [-0.3, -0.25) is 4.79 Å². The van der Waals surface area contributed by atoms with Crippen LogP contribution in [0.25, 0.3) is 10.1 Å². The number of amides is 1. The highest BCUT2D eigenvalue weighted by atomic mass is 35.5. The lowest BCUT2D eigenvalue weighted by molar-refractivity contribution is 0.0772. The third-order valence-electron chi connectivity index (χ3n) is 4.45. The fraction of sp³-hybridized carbons (Fsp3) is 0.333. The van der Waals surface area contributed by atoms with Gasteiger partial charge in [-0.15, -0.1) is 22.7 Å². The first-order valence-corrected chi connectivity index (χ1v) is 10.4. The average Bonchev–Trinajstić information content (AvgIpc) is 3.08. The number of halogens is 2. The number of aryl methyl sites for hydroxylation is 1. The lowest BCUT2D eigenvalue weighted by atomic mass is 10.2. The van der Waals surface area contributed by atoms with Crippen molar-refractivity contribution in [1.29, 1.82) is 0 Å². The van der Waals surface area contributed by atoms with Gasteiger partial charge in [-0.25, -0.2) is 9.37 Å². The zero-order valence-electron chi connectivity index (χ0n) is 14.2. The smallest absolute Gasteiger partial charge is 0.265 e. The molecule has 2 aromatic heterocycles. The van der Waals surface area contributed by atoms with Crippen LogP contribution in [0.5, 0.6) is 0 Å². The first kappa shape index (κ1) is 17.7. The summed E-state index contributed by atoms with van der Waals surface area (Å²) in [6.07, 6.45) is 0.876. The van der Waals surface area contributed by atoms with Crippen LogP contribution in [-0.2, 0) is 0 Å². The van der Waals surface area contributed by atoms with Crippen molar-refractivity contribution in [3.63, 3.8) is 0 Å². The van der Waals surface area contributed by atoms with E-state index in [1.54, 1.807) is 17.4 Å². The van der Waals surface area contributed by atoms with E-state index in [-0.39, 0.29) is 11.7 Å². The Labute approximate surface area is 163 Å². The van der Waals surface area contributed by atoms with Gasteiger partial charge >= 0.3 is 0 Å². The first-order valence-electron chi connectivity index (χ1n) is 8.37. The van der Waals surface area contributed by atoms with Crippen molar-refractivity contribution in [2.45, 2.75) is 13.3 Å². The molecule has 1 aliphatic rings. The molecule has 0 N–H and O–H groups in total. The van der Waals surface area contributed by atoms with Crippen molar-refractivity contribution in [3.8, 4) is 0 Å². The van der Waals surface area contributed by atoms with Gasteiger partial charge in [-0.05, 0) is 31.5 Å². The SMILES string of the molecule is Cc1csc(N2CCCN(C(=O)c3sc4cc(F)ccc4c3Cl)CC2)n1. The van der Waals surface area contributed by atoms with Crippen LogP contribution in [0.3, 0.4) is 0 Å². The van der Waals surface area contributed by atoms with Crippen LogP contribution in [-0.4, -0.2) is 42.0 Å². The van der Waals surface area contributed by atoms with Gasteiger partial charge in [0.1, 0.15) is 10.7 Å². The van der Waals surface area contributed by atoms with Gasteiger partial charge in [0.2, 0.25) is 0 Å². The Hall–Kier alpha value is -1.70. The number of rotatable bonds is 2. The summed E-state index contributed by atoms with van der Waals surface area (Å²) in [5, 5.41) is 4.20. The van der Waals surface area contributed by atoms with E-state index >= 15 is 0 Å². The fourth-order valence-electron chi connectivity index (χ4n) is 3.12. The Bertz CT molecular complexity index is 971. The van der Waals surface area contributed by atoms with E-state index in [0.717, 1.165) is 35.7 Å². The normalized spacial score (nSPS) is 15.5. The third-order valence-corrected chi connectivity index (χ3v) is 7.11. The van der Waals surface area contributed by atoms with Crippen LogP contribution in [0.1, 0.15) is 21.8 Å². The molecule has 1 fully saturated rings. The molecule has 136 valence electrons. The molecule has 1 aliphatic heterocycles. The van der Waals surface area contributed by atoms with E-state index in [9.17, 15) is 9.18 Å². The number of carbonyl (C=O) groups is 1. The average molecular weight is 410 g/mol. The molecule has 26 heavy (non-hydrogen) atoms. The number of benzene rings is 1. The van der Waals surface area contributed by atoms with Crippen molar-refractivity contribution in [3.05, 3.63) is 45.0 Å². The standard InChI is InChI=1S/C18H17ClFN3OS2/c1-11-10-25-18(21-11)23-6-2-5-22(7-8-23)17(24)16-15(19)13-4-3-12(20)9-14(13)26-16/h3-4,9-10H,2,5-8H2,1H3. The predicted octanol–water partition coefficient (Wildman–Crippen LogP) is 4.81. The van der Waals surface area contributed by atoms with Crippen molar-refractivity contribution >= 4 is 55.4 Å². The minimum atomic E-state index is -0.321. The Balaban J connectivity index is 1.54. The number of anilines is 1. The van der Waals surface area contributed by atoms with Gasteiger partial charge in [0, 0.05) is 41.6 Å². The number of thiazole rings is 1. The fourth-order valence-corrected chi connectivity index (χ4v) is 5.48. The molecule has 3 aromatic rings. The topological polar surface area (TPSA) is 36.4 Å². The monoisotopic (exact) mass is 409 g/mol. The van der Waals surface area contributed by atoms with Crippen LogP contribution >= 0.6 is 34.3 Å². The largest absolute Gasteiger partial charge is 0.346 e. The molecule has 1 aromatic carbocycles. The molecule has 0 spiro atoms. The van der Waals surface area contributed by atoms with Crippen molar-refractivity contribution in [2.24, 2.45) is 0 Å². The van der Waals surface area contributed by atoms with E-state index in [1.165, 1.54) is 23.5 Å². The van der Waals surface area contributed by atoms with Crippen LogP contribution < -0.4 is 4.90 Å². The molecular weight excluding hydrogens is 393 g/mol. The van der Waals surface area contributed by atoms with Crippen molar-refractivity contribution < 1.29 is 9.18 Å². The number of nitrogens with zero attached hydrogens (tertiary/aromatic N) is 3. The molecule has 1 saturated heterocycles. The minimum absolute atomic E-state index is 0.0752. The maximum atomic E-state index is 13.5. The number of aromatic nitrogens is 1. The third kappa shape index (κ3) is 3.31. The summed E-state index contributed by atoms with van der Waals surface area (Å²) in [5.41, 5.74) is 1.02. The molecule has 0 bridgehead atoms. The van der Waals surface area contributed by atoms with E-state index in [2.05, 4.69) is 9.88 Å². The van der Waals surface area contributed by atoms with Gasteiger partial charge in [0.05, 0.1) is 10.7 Å². The molecule has 8 heteroatoms. The van der Waals surface area contributed by atoms with Crippen LogP contribution in [0.4, 0.5) is 9.52 Å².